The summed E-state index contributed by atoms with van der Waals surface area (Å²) in [6.45, 7) is 1.60. The predicted octanol–water partition coefficient (Wildman–Crippen LogP) is 3.62. The lowest BCUT2D eigenvalue weighted by atomic mass is 10.2. The van der Waals surface area contributed by atoms with Gasteiger partial charge in [0, 0.05) is 34.4 Å². The van der Waals surface area contributed by atoms with E-state index in [2.05, 4.69) is 42.2 Å². The minimum Gasteiger partial charge on any atom is -0.352 e. The van der Waals surface area contributed by atoms with Gasteiger partial charge in [0.15, 0.2) is 0 Å². The molecular formula is C14H15Br2N3O. The number of benzene rings is 1. The average Bonchev–Trinajstić information content (AvgIpc) is 2.94. The second-order valence-corrected chi connectivity index (χ2v) is 6.16. The molecule has 0 aliphatic rings. The number of hydrogen-bond donors (Lipinski definition) is 1. The molecule has 2 aromatic rings. The zero-order valence-corrected chi connectivity index (χ0v) is 14.0. The molecule has 0 aliphatic heterocycles. The van der Waals surface area contributed by atoms with E-state index in [4.69, 9.17) is 0 Å². The normalized spacial score (nSPS) is 10.5. The van der Waals surface area contributed by atoms with E-state index in [0.29, 0.717) is 12.1 Å². The fraction of sp³-hybridized carbons (Fsp3) is 0.286. The molecule has 0 radical (unpaired) electrons. The molecule has 0 aliphatic carbocycles. The molecule has 0 atom stereocenters. The maximum absolute atomic E-state index is 12.0. The van der Waals surface area contributed by atoms with Crippen LogP contribution in [0, 0.1) is 0 Å². The van der Waals surface area contributed by atoms with Crippen LogP contribution >= 0.6 is 31.9 Å². The quantitative estimate of drug-likeness (QED) is 0.752. The van der Waals surface area contributed by atoms with E-state index in [-0.39, 0.29) is 5.91 Å². The van der Waals surface area contributed by atoms with Crippen LogP contribution in [0.15, 0.2) is 45.9 Å². The Balaban J connectivity index is 1.73. The molecule has 1 heterocycles. The molecule has 20 heavy (non-hydrogen) atoms. The molecule has 0 bridgehead atoms. The van der Waals surface area contributed by atoms with Crippen LogP contribution in [0.1, 0.15) is 23.2 Å². The molecule has 1 N–H and O–H groups in total. The Morgan fingerprint density at radius 3 is 2.90 bits per heavy atom. The minimum atomic E-state index is -0.0548. The summed E-state index contributed by atoms with van der Waals surface area (Å²) in [5, 5.41) is 2.93. The lowest BCUT2D eigenvalue weighted by Gasteiger charge is -2.07. The average molecular weight is 401 g/mol. The highest BCUT2D eigenvalue weighted by atomic mass is 79.9. The maximum Gasteiger partial charge on any atom is 0.252 e. The highest BCUT2D eigenvalue weighted by Gasteiger charge is 2.09. The van der Waals surface area contributed by atoms with Crippen molar-refractivity contribution in [3.63, 3.8) is 0 Å². The molecule has 6 heteroatoms. The SMILES string of the molecule is O=C(NCCCCn1ccnc1)c1cc(Br)ccc1Br. The van der Waals surface area contributed by atoms with Crippen molar-refractivity contribution < 1.29 is 4.79 Å². The van der Waals surface area contributed by atoms with Gasteiger partial charge < -0.3 is 9.88 Å². The van der Waals surface area contributed by atoms with E-state index >= 15 is 0 Å². The number of nitrogens with one attached hydrogen (secondary N) is 1. The lowest BCUT2D eigenvalue weighted by molar-refractivity contribution is 0.0952. The van der Waals surface area contributed by atoms with Crippen LogP contribution < -0.4 is 5.32 Å². The number of nitrogens with zero attached hydrogens (tertiary/aromatic N) is 2. The minimum absolute atomic E-state index is 0.0548. The van der Waals surface area contributed by atoms with Gasteiger partial charge >= 0.3 is 0 Å². The number of halogens is 2. The fourth-order valence-corrected chi connectivity index (χ4v) is 2.59. The summed E-state index contributed by atoms with van der Waals surface area (Å²) in [4.78, 5) is 16.0. The van der Waals surface area contributed by atoms with E-state index in [1.807, 2.05) is 29.0 Å². The number of aryl methyl sites for hydroxylation is 1. The van der Waals surface area contributed by atoms with Crippen molar-refractivity contribution in [3.8, 4) is 0 Å². The maximum atomic E-state index is 12.0. The topological polar surface area (TPSA) is 46.9 Å². The van der Waals surface area contributed by atoms with Crippen molar-refractivity contribution >= 4 is 37.8 Å². The number of aromatic nitrogens is 2. The van der Waals surface area contributed by atoms with Crippen molar-refractivity contribution in [2.75, 3.05) is 6.54 Å². The van der Waals surface area contributed by atoms with E-state index < -0.39 is 0 Å². The summed E-state index contributed by atoms with van der Waals surface area (Å²) < 4.78 is 3.73. The number of amides is 1. The molecular weight excluding hydrogens is 386 g/mol. The molecule has 1 aromatic carbocycles. The van der Waals surface area contributed by atoms with Crippen LogP contribution in [0.3, 0.4) is 0 Å². The van der Waals surface area contributed by atoms with Gasteiger partial charge in [-0.3, -0.25) is 4.79 Å². The number of rotatable bonds is 6. The Hall–Kier alpha value is -1.14. The van der Waals surface area contributed by atoms with Gasteiger partial charge in [-0.2, -0.15) is 0 Å². The van der Waals surface area contributed by atoms with Crippen LogP contribution in [0.2, 0.25) is 0 Å². The van der Waals surface area contributed by atoms with Gasteiger partial charge in [-0.25, -0.2) is 4.98 Å². The van der Waals surface area contributed by atoms with Gasteiger partial charge in [0.05, 0.1) is 11.9 Å². The number of unbranched alkanes of at least 4 members (excludes halogenated alkanes) is 1. The van der Waals surface area contributed by atoms with Crippen LogP contribution in [-0.2, 0) is 6.54 Å². The second kappa shape index (κ2) is 7.59. The standard InChI is InChI=1S/C14H15Br2N3O/c15-11-3-4-13(16)12(9-11)14(20)18-5-1-2-7-19-8-6-17-10-19/h3-4,6,8-10H,1-2,5,7H2,(H,18,20). The van der Waals surface area contributed by atoms with E-state index in [0.717, 1.165) is 28.3 Å². The van der Waals surface area contributed by atoms with Crippen molar-refractivity contribution in [3.05, 3.63) is 51.4 Å². The van der Waals surface area contributed by atoms with E-state index in [1.54, 1.807) is 12.5 Å². The summed E-state index contributed by atoms with van der Waals surface area (Å²) in [5.41, 5.74) is 0.647. The van der Waals surface area contributed by atoms with Crippen LogP contribution in [0.4, 0.5) is 0 Å². The molecule has 0 unspecified atom stereocenters. The summed E-state index contributed by atoms with van der Waals surface area (Å²) >= 11 is 6.76. The summed E-state index contributed by atoms with van der Waals surface area (Å²) in [7, 11) is 0. The first-order valence-electron chi connectivity index (χ1n) is 6.36. The first-order chi connectivity index (χ1) is 9.66. The van der Waals surface area contributed by atoms with E-state index in [9.17, 15) is 4.79 Å². The van der Waals surface area contributed by atoms with Crippen LogP contribution in [-0.4, -0.2) is 22.0 Å². The molecule has 2 rings (SSSR count). The van der Waals surface area contributed by atoms with Gasteiger partial charge in [-0.1, -0.05) is 15.9 Å². The second-order valence-electron chi connectivity index (χ2n) is 4.39. The molecule has 1 aromatic heterocycles. The summed E-state index contributed by atoms with van der Waals surface area (Å²) in [5.74, 6) is -0.0548. The highest BCUT2D eigenvalue weighted by Crippen LogP contribution is 2.21. The van der Waals surface area contributed by atoms with Gasteiger partial charge in [-0.15, -0.1) is 0 Å². The van der Waals surface area contributed by atoms with Gasteiger partial charge in [0.25, 0.3) is 5.91 Å². The van der Waals surface area contributed by atoms with Crippen LogP contribution in [0.5, 0.6) is 0 Å². The summed E-state index contributed by atoms with van der Waals surface area (Å²) in [6.07, 6.45) is 7.47. The number of carbonyl (C=O) groups excluding carboxylic acids is 1. The zero-order chi connectivity index (χ0) is 14.4. The summed E-state index contributed by atoms with van der Waals surface area (Å²) in [6, 6.07) is 5.56. The molecule has 0 saturated heterocycles. The Morgan fingerprint density at radius 1 is 1.30 bits per heavy atom. The third-order valence-corrected chi connectivity index (χ3v) is 4.05. The number of carbonyl (C=O) groups is 1. The highest BCUT2D eigenvalue weighted by molar-refractivity contribution is 9.11. The molecule has 4 nitrogen and oxygen atoms in total. The molecule has 0 fully saturated rings. The van der Waals surface area contributed by atoms with Gasteiger partial charge in [0.2, 0.25) is 0 Å². The zero-order valence-electron chi connectivity index (χ0n) is 10.9. The van der Waals surface area contributed by atoms with Gasteiger partial charge in [0.1, 0.15) is 0 Å². The Kier molecular flexibility index (Phi) is 5.79. The third-order valence-electron chi connectivity index (χ3n) is 2.86. The molecule has 0 saturated carbocycles. The Bertz CT molecular complexity index is 570. The van der Waals surface area contributed by atoms with Crippen molar-refractivity contribution in [1.29, 1.82) is 0 Å². The smallest absolute Gasteiger partial charge is 0.252 e. The fourth-order valence-electron chi connectivity index (χ4n) is 1.81. The predicted molar refractivity (Wildman–Crippen MR) is 85.6 cm³/mol. The van der Waals surface area contributed by atoms with Gasteiger partial charge in [-0.05, 0) is 47.0 Å². The largest absolute Gasteiger partial charge is 0.352 e. The Labute approximate surface area is 134 Å². The molecule has 1 amide bonds. The van der Waals surface area contributed by atoms with Crippen LogP contribution in [0.25, 0.3) is 0 Å². The number of imidazole rings is 1. The molecule has 106 valence electrons. The van der Waals surface area contributed by atoms with Crippen molar-refractivity contribution in [1.82, 2.24) is 14.9 Å². The molecule has 0 spiro atoms. The van der Waals surface area contributed by atoms with Crippen molar-refractivity contribution in [2.45, 2.75) is 19.4 Å². The Morgan fingerprint density at radius 2 is 2.15 bits per heavy atom. The monoisotopic (exact) mass is 399 g/mol. The van der Waals surface area contributed by atoms with Crippen molar-refractivity contribution in [2.24, 2.45) is 0 Å². The lowest BCUT2D eigenvalue weighted by Crippen LogP contribution is -2.25. The van der Waals surface area contributed by atoms with E-state index in [1.165, 1.54) is 0 Å². The first-order valence-corrected chi connectivity index (χ1v) is 7.94. The third kappa shape index (κ3) is 4.45. The number of hydrogen-bond acceptors (Lipinski definition) is 2. The first kappa shape index (κ1) is 15.3.